The maximum atomic E-state index is 4.37. The van der Waals surface area contributed by atoms with Crippen LogP contribution in [-0.2, 0) is 19.9 Å². The van der Waals surface area contributed by atoms with E-state index in [1.54, 1.807) is 6.33 Å². The van der Waals surface area contributed by atoms with Gasteiger partial charge in [0, 0.05) is 19.5 Å². The molecule has 0 amide bonds. The van der Waals surface area contributed by atoms with Crippen molar-refractivity contribution >= 4 is 0 Å². The molecule has 2 rings (SSSR count). The highest BCUT2D eigenvalue weighted by molar-refractivity contribution is 5.22. The van der Waals surface area contributed by atoms with Gasteiger partial charge >= 0.3 is 0 Å². The van der Waals surface area contributed by atoms with Crippen LogP contribution < -0.4 is 5.32 Å². The lowest BCUT2D eigenvalue weighted by atomic mass is 9.94. The summed E-state index contributed by atoms with van der Waals surface area (Å²) >= 11 is 0. The third kappa shape index (κ3) is 4.97. The molecule has 1 unspecified atom stereocenters. The Morgan fingerprint density at radius 2 is 2.05 bits per heavy atom. The number of aryl methyl sites for hydroxylation is 2. The van der Waals surface area contributed by atoms with Gasteiger partial charge in [-0.25, -0.2) is 4.98 Å². The standard InChI is InChI=1S/C17H26N4/c1-13(2)18-11-16(10-17-19-12-20-21(17)4)9-15-7-5-6-14(3)8-15/h5-8,12-13,16,18H,9-11H2,1-4H3. The molecule has 0 bridgehead atoms. The minimum absolute atomic E-state index is 0.504. The van der Waals surface area contributed by atoms with E-state index < -0.39 is 0 Å². The van der Waals surface area contributed by atoms with Gasteiger partial charge in [-0.1, -0.05) is 43.7 Å². The van der Waals surface area contributed by atoms with Gasteiger partial charge in [0.05, 0.1) is 0 Å². The van der Waals surface area contributed by atoms with Crippen molar-refractivity contribution in [1.82, 2.24) is 20.1 Å². The molecular formula is C17H26N4. The normalized spacial score (nSPS) is 12.8. The average molecular weight is 286 g/mol. The summed E-state index contributed by atoms with van der Waals surface area (Å²) in [5.74, 6) is 1.58. The van der Waals surface area contributed by atoms with Crippen molar-refractivity contribution in [2.45, 2.75) is 39.7 Å². The molecule has 2 aromatic rings. The summed E-state index contributed by atoms with van der Waals surface area (Å²) in [6.45, 7) is 7.52. The summed E-state index contributed by atoms with van der Waals surface area (Å²) in [5.41, 5.74) is 2.72. The second-order valence-electron chi connectivity index (χ2n) is 6.13. The number of benzene rings is 1. The molecule has 1 aromatic heterocycles. The lowest BCUT2D eigenvalue weighted by Gasteiger charge is -2.19. The molecule has 0 radical (unpaired) electrons. The van der Waals surface area contributed by atoms with Gasteiger partial charge in [0.25, 0.3) is 0 Å². The number of hydrogen-bond donors (Lipinski definition) is 1. The van der Waals surface area contributed by atoms with Crippen molar-refractivity contribution in [1.29, 1.82) is 0 Å². The summed E-state index contributed by atoms with van der Waals surface area (Å²) in [7, 11) is 1.96. The van der Waals surface area contributed by atoms with E-state index in [0.717, 1.165) is 25.2 Å². The zero-order valence-electron chi connectivity index (χ0n) is 13.5. The second kappa shape index (κ2) is 7.36. The van der Waals surface area contributed by atoms with Crippen molar-refractivity contribution in [2.24, 2.45) is 13.0 Å². The molecule has 4 heteroatoms. The molecule has 0 aliphatic heterocycles. The fraction of sp³-hybridized carbons (Fsp3) is 0.529. The van der Waals surface area contributed by atoms with Gasteiger partial charge in [-0.2, -0.15) is 5.10 Å². The van der Waals surface area contributed by atoms with Crippen LogP contribution in [0.3, 0.4) is 0 Å². The second-order valence-corrected chi connectivity index (χ2v) is 6.13. The minimum Gasteiger partial charge on any atom is -0.314 e. The first-order valence-electron chi connectivity index (χ1n) is 7.66. The monoisotopic (exact) mass is 286 g/mol. The zero-order chi connectivity index (χ0) is 15.2. The molecule has 0 aliphatic rings. The summed E-state index contributed by atoms with van der Waals surface area (Å²) in [6, 6.07) is 9.28. The Morgan fingerprint density at radius 3 is 2.67 bits per heavy atom. The molecule has 0 saturated carbocycles. The van der Waals surface area contributed by atoms with Gasteiger partial charge in [0.2, 0.25) is 0 Å². The van der Waals surface area contributed by atoms with Crippen molar-refractivity contribution < 1.29 is 0 Å². The maximum absolute atomic E-state index is 4.37. The Morgan fingerprint density at radius 1 is 1.24 bits per heavy atom. The summed E-state index contributed by atoms with van der Waals surface area (Å²) in [4.78, 5) is 4.37. The highest BCUT2D eigenvalue weighted by Gasteiger charge is 2.14. The molecule has 1 aromatic carbocycles. The largest absolute Gasteiger partial charge is 0.314 e. The molecule has 1 atom stereocenters. The van der Waals surface area contributed by atoms with Gasteiger partial charge in [0.15, 0.2) is 0 Å². The first-order chi connectivity index (χ1) is 10.0. The van der Waals surface area contributed by atoms with Gasteiger partial charge in [-0.05, 0) is 31.4 Å². The van der Waals surface area contributed by atoms with Crippen molar-refractivity contribution in [3.8, 4) is 0 Å². The highest BCUT2D eigenvalue weighted by atomic mass is 15.3. The van der Waals surface area contributed by atoms with Gasteiger partial charge in [-0.15, -0.1) is 0 Å². The van der Waals surface area contributed by atoms with E-state index in [1.807, 2.05) is 11.7 Å². The van der Waals surface area contributed by atoms with Gasteiger partial charge < -0.3 is 5.32 Å². The smallest absolute Gasteiger partial charge is 0.138 e. The van der Waals surface area contributed by atoms with Crippen LogP contribution in [0.2, 0.25) is 0 Å². The number of hydrogen-bond acceptors (Lipinski definition) is 3. The molecule has 1 heterocycles. The molecular weight excluding hydrogens is 260 g/mol. The van der Waals surface area contributed by atoms with Crippen molar-refractivity contribution in [3.63, 3.8) is 0 Å². The molecule has 0 aliphatic carbocycles. The van der Waals surface area contributed by atoms with Gasteiger partial charge in [-0.3, -0.25) is 4.68 Å². The van der Waals surface area contributed by atoms with Gasteiger partial charge in [0.1, 0.15) is 12.2 Å². The Kier molecular flexibility index (Phi) is 5.51. The van der Waals surface area contributed by atoms with E-state index in [4.69, 9.17) is 0 Å². The predicted octanol–water partition coefficient (Wildman–Crippen LogP) is 2.52. The van der Waals surface area contributed by atoms with Crippen molar-refractivity contribution in [3.05, 3.63) is 47.5 Å². The van der Waals surface area contributed by atoms with Crippen LogP contribution in [0.4, 0.5) is 0 Å². The zero-order valence-corrected chi connectivity index (χ0v) is 13.5. The lowest BCUT2D eigenvalue weighted by Crippen LogP contribution is -2.31. The summed E-state index contributed by atoms with van der Waals surface area (Å²) in [5, 5.41) is 7.73. The van der Waals surface area contributed by atoms with Crippen LogP contribution in [0.15, 0.2) is 30.6 Å². The summed E-state index contributed by atoms with van der Waals surface area (Å²) < 4.78 is 1.87. The molecule has 114 valence electrons. The van der Waals surface area contributed by atoms with E-state index in [2.05, 4.69) is 60.4 Å². The Labute approximate surface area is 127 Å². The van der Waals surface area contributed by atoms with Crippen LogP contribution in [-0.4, -0.2) is 27.4 Å². The number of rotatable bonds is 7. The minimum atomic E-state index is 0.504. The van der Waals surface area contributed by atoms with E-state index in [0.29, 0.717) is 12.0 Å². The molecule has 1 N–H and O–H groups in total. The fourth-order valence-corrected chi connectivity index (χ4v) is 2.55. The van der Waals surface area contributed by atoms with E-state index in [1.165, 1.54) is 11.1 Å². The van der Waals surface area contributed by atoms with Crippen LogP contribution in [0.1, 0.15) is 30.8 Å². The molecule has 21 heavy (non-hydrogen) atoms. The predicted molar refractivity (Wildman–Crippen MR) is 86.2 cm³/mol. The number of nitrogens with zero attached hydrogens (tertiary/aromatic N) is 3. The first kappa shape index (κ1) is 15.7. The third-order valence-corrected chi connectivity index (χ3v) is 3.70. The van der Waals surface area contributed by atoms with Crippen LogP contribution in [0.25, 0.3) is 0 Å². The highest BCUT2D eigenvalue weighted by Crippen LogP contribution is 2.14. The average Bonchev–Trinajstić information content (AvgIpc) is 2.81. The van der Waals surface area contributed by atoms with E-state index in [-0.39, 0.29) is 0 Å². The van der Waals surface area contributed by atoms with Crippen LogP contribution >= 0.6 is 0 Å². The molecule has 0 fully saturated rings. The van der Waals surface area contributed by atoms with Crippen molar-refractivity contribution in [2.75, 3.05) is 6.54 Å². The molecule has 0 saturated heterocycles. The number of aromatic nitrogens is 3. The third-order valence-electron chi connectivity index (χ3n) is 3.70. The molecule has 0 spiro atoms. The van der Waals surface area contributed by atoms with E-state index in [9.17, 15) is 0 Å². The van der Waals surface area contributed by atoms with Crippen LogP contribution in [0, 0.1) is 12.8 Å². The topological polar surface area (TPSA) is 42.7 Å². The van der Waals surface area contributed by atoms with E-state index >= 15 is 0 Å². The maximum Gasteiger partial charge on any atom is 0.138 e. The molecule has 4 nitrogen and oxygen atoms in total. The van der Waals surface area contributed by atoms with Crippen LogP contribution in [0.5, 0.6) is 0 Å². The first-order valence-corrected chi connectivity index (χ1v) is 7.66. The summed E-state index contributed by atoms with van der Waals surface area (Å²) in [6.07, 6.45) is 3.65. The lowest BCUT2D eigenvalue weighted by molar-refractivity contribution is 0.431. The Bertz CT molecular complexity index is 559. The quantitative estimate of drug-likeness (QED) is 0.850. The Balaban J connectivity index is 2.06. The Hall–Kier alpha value is -1.68. The SMILES string of the molecule is Cc1cccc(CC(CNC(C)C)Cc2ncnn2C)c1. The fourth-order valence-electron chi connectivity index (χ4n) is 2.55. The number of nitrogens with one attached hydrogen (secondary N) is 1.